The van der Waals surface area contributed by atoms with Gasteiger partial charge in [-0.3, -0.25) is 0 Å². The molecular weight excluding hydrogens is 436 g/mol. The molecule has 1 atom stereocenters. The lowest BCUT2D eigenvalue weighted by atomic mass is 10.0. The second-order valence-electron chi connectivity index (χ2n) is 9.19. The lowest BCUT2D eigenvalue weighted by Crippen LogP contribution is -2.39. The zero-order valence-corrected chi connectivity index (χ0v) is 23.5. The first-order valence-corrected chi connectivity index (χ1v) is 15.8. The van der Waals surface area contributed by atoms with Crippen molar-refractivity contribution < 1.29 is 22.6 Å². The van der Waals surface area contributed by atoms with E-state index in [1.807, 2.05) is 20.8 Å². The van der Waals surface area contributed by atoms with Crippen molar-refractivity contribution in [3.05, 3.63) is 0 Å². The van der Waals surface area contributed by atoms with E-state index in [0.717, 1.165) is 77.0 Å². The van der Waals surface area contributed by atoms with Gasteiger partial charge in [0.05, 0.1) is 11.0 Å². The molecule has 0 radical (unpaired) electrons. The molecule has 33 heavy (non-hydrogen) atoms. The third-order valence-electron chi connectivity index (χ3n) is 6.27. The molecule has 0 aromatic heterocycles. The Morgan fingerprint density at radius 3 is 1.55 bits per heavy atom. The molecule has 1 unspecified atom stereocenters. The van der Waals surface area contributed by atoms with Crippen molar-refractivity contribution >= 4 is 9.84 Å². The first-order valence-electron chi connectivity index (χ1n) is 14.0. The zero-order valence-electron chi connectivity index (χ0n) is 22.7. The second kappa shape index (κ2) is 21.1. The van der Waals surface area contributed by atoms with Gasteiger partial charge < -0.3 is 14.2 Å². The van der Waals surface area contributed by atoms with Crippen molar-refractivity contribution in [2.24, 2.45) is 0 Å². The maximum absolute atomic E-state index is 13.0. The molecular formula is C27H56O5S. The summed E-state index contributed by atoms with van der Waals surface area (Å²) in [6, 6.07) is 0. The van der Waals surface area contributed by atoms with Crippen molar-refractivity contribution in [3.8, 4) is 0 Å². The fourth-order valence-electron chi connectivity index (χ4n) is 4.44. The summed E-state index contributed by atoms with van der Waals surface area (Å²) in [4.78, 5) is 0. The van der Waals surface area contributed by atoms with E-state index in [0.29, 0.717) is 32.0 Å². The monoisotopic (exact) mass is 492 g/mol. The van der Waals surface area contributed by atoms with Crippen molar-refractivity contribution in [2.45, 2.75) is 149 Å². The third kappa shape index (κ3) is 16.2. The van der Waals surface area contributed by atoms with Gasteiger partial charge in [-0.05, 0) is 46.5 Å². The van der Waals surface area contributed by atoms with Crippen LogP contribution in [-0.2, 0) is 24.0 Å². The maximum Gasteiger partial charge on any atom is 0.282 e. The number of ether oxygens (including phenoxy) is 3. The molecule has 0 aliphatic heterocycles. The van der Waals surface area contributed by atoms with Crippen LogP contribution in [-0.4, -0.2) is 45.2 Å². The highest BCUT2D eigenvalue weighted by Crippen LogP contribution is 2.25. The normalized spacial score (nSPS) is 13.5. The minimum atomic E-state index is -2.99. The predicted octanol–water partition coefficient (Wildman–Crippen LogP) is 7.81. The molecule has 0 aromatic carbocycles. The average molecular weight is 493 g/mol. The molecule has 0 amide bonds. The lowest BCUT2D eigenvalue weighted by molar-refractivity contribution is -0.380. The Hall–Kier alpha value is -0.170. The van der Waals surface area contributed by atoms with Crippen LogP contribution in [0.15, 0.2) is 0 Å². The van der Waals surface area contributed by atoms with Crippen LogP contribution in [0.5, 0.6) is 0 Å². The molecule has 6 heteroatoms. The third-order valence-corrected chi connectivity index (χ3v) is 8.62. The van der Waals surface area contributed by atoms with E-state index in [1.165, 1.54) is 19.3 Å². The largest absolute Gasteiger partial charge is 0.328 e. The highest BCUT2D eigenvalue weighted by Gasteiger charge is 2.31. The number of sulfone groups is 1. The van der Waals surface area contributed by atoms with Crippen molar-refractivity contribution in [1.29, 1.82) is 0 Å². The highest BCUT2D eigenvalue weighted by atomic mass is 32.2. The molecule has 0 aliphatic carbocycles. The van der Waals surface area contributed by atoms with Crippen LogP contribution < -0.4 is 0 Å². The molecule has 0 saturated heterocycles. The SMILES string of the molecule is CCCCCCCCS(=O)(=O)C(CCCCC)CCCCCCC(OCC)(OCC)OCC. The van der Waals surface area contributed by atoms with Gasteiger partial charge in [0.1, 0.15) is 0 Å². The van der Waals surface area contributed by atoms with E-state index < -0.39 is 15.8 Å². The molecule has 0 saturated carbocycles. The molecule has 0 bridgehead atoms. The molecule has 200 valence electrons. The van der Waals surface area contributed by atoms with E-state index in [9.17, 15) is 8.42 Å². The molecule has 0 aliphatic rings. The number of rotatable bonds is 25. The Morgan fingerprint density at radius 2 is 1.00 bits per heavy atom. The predicted molar refractivity (Wildman–Crippen MR) is 140 cm³/mol. The van der Waals surface area contributed by atoms with Gasteiger partial charge in [0, 0.05) is 26.2 Å². The smallest absolute Gasteiger partial charge is 0.282 e. The van der Waals surface area contributed by atoms with Gasteiger partial charge >= 0.3 is 0 Å². The summed E-state index contributed by atoms with van der Waals surface area (Å²) in [5.41, 5.74) is 0. The van der Waals surface area contributed by atoms with Gasteiger partial charge in [0.2, 0.25) is 0 Å². The van der Waals surface area contributed by atoms with Crippen molar-refractivity contribution in [3.63, 3.8) is 0 Å². The number of unbranched alkanes of at least 4 members (excludes halogenated alkanes) is 10. The quantitative estimate of drug-likeness (QED) is 0.0960. The van der Waals surface area contributed by atoms with Gasteiger partial charge in [-0.2, -0.15) is 0 Å². The van der Waals surface area contributed by atoms with Crippen molar-refractivity contribution in [2.75, 3.05) is 25.6 Å². The van der Waals surface area contributed by atoms with Gasteiger partial charge in [-0.15, -0.1) is 0 Å². The summed E-state index contributed by atoms with van der Waals surface area (Å²) in [6.07, 6.45) is 16.3. The van der Waals surface area contributed by atoms with Crippen LogP contribution >= 0.6 is 0 Å². The van der Waals surface area contributed by atoms with Crippen LogP contribution in [0.4, 0.5) is 0 Å². The van der Waals surface area contributed by atoms with Crippen LogP contribution in [0.1, 0.15) is 137 Å². The van der Waals surface area contributed by atoms with E-state index in [1.54, 1.807) is 0 Å². The molecule has 0 heterocycles. The van der Waals surface area contributed by atoms with Gasteiger partial charge in [-0.25, -0.2) is 8.42 Å². The summed E-state index contributed by atoms with van der Waals surface area (Å²) in [5.74, 6) is -0.559. The number of hydrogen-bond donors (Lipinski definition) is 0. The van der Waals surface area contributed by atoms with Crippen molar-refractivity contribution in [1.82, 2.24) is 0 Å². The van der Waals surface area contributed by atoms with E-state index in [-0.39, 0.29) is 5.25 Å². The van der Waals surface area contributed by atoms with E-state index >= 15 is 0 Å². The van der Waals surface area contributed by atoms with Gasteiger partial charge in [0.25, 0.3) is 5.97 Å². The van der Waals surface area contributed by atoms with Crippen LogP contribution in [0.2, 0.25) is 0 Å². The second-order valence-corrected chi connectivity index (χ2v) is 11.6. The van der Waals surface area contributed by atoms with Crippen LogP contribution in [0.25, 0.3) is 0 Å². The molecule has 0 spiro atoms. The summed E-state index contributed by atoms with van der Waals surface area (Å²) in [5, 5.41) is -0.158. The van der Waals surface area contributed by atoms with E-state index in [4.69, 9.17) is 14.2 Å². The Bertz CT molecular complexity index is 504. The average Bonchev–Trinajstić information content (AvgIpc) is 2.77. The first-order chi connectivity index (χ1) is 15.9. The minimum absolute atomic E-state index is 0.158. The minimum Gasteiger partial charge on any atom is -0.328 e. The number of hydrogen-bond acceptors (Lipinski definition) is 5. The molecule has 5 nitrogen and oxygen atoms in total. The molecule has 0 aromatic rings. The fraction of sp³-hybridized carbons (Fsp3) is 1.00. The Kier molecular flexibility index (Phi) is 21.0. The lowest BCUT2D eigenvalue weighted by Gasteiger charge is -2.32. The Labute approximate surface area is 206 Å². The van der Waals surface area contributed by atoms with Crippen LogP contribution in [0, 0.1) is 0 Å². The standard InChI is InChI=1S/C27H56O5S/c1-6-11-13-14-17-21-25-33(28,29)26(22-18-12-7-2)23-19-15-16-20-24-27(30-8-3,31-9-4)32-10-5/h26H,6-25H2,1-5H3. The first kappa shape index (κ1) is 32.8. The Morgan fingerprint density at radius 1 is 0.576 bits per heavy atom. The topological polar surface area (TPSA) is 61.8 Å². The summed E-state index contributed by atoms with van der Waals surface area (Å²) < 4.78 is 43.5. The Balaban J connectivity index is 4.51. The molecule has 0 N–H and O–H groups in total. The van der Waals surface area contributed by atoms with Gasteiger partial charge in [-0.1, -0.05) is 84.5 Å². The zero-order chi connectivity index (χ0) is 24.8. The highest BCUT2D eigenvalue weighted by molar-refractivity contribution is 7.92. The van der Waals surface area contributed by atoms with Crippen LogP contribution in [0.3, 0.4) is 0 Å². The fourth-order valence-corrected chi connectivity index (χ4v) is 6.44. The van der Waals surface area contributed by atoms with Gasteiger partial charge in [0.15, 0.2) is 9.84 Å². The summed E-state index contributed by atoms with van der Waals surface area (Å²) in [7, 11) is -2.99. The van der Waals surface area contributed by atoms with E-state index in [2.05, 4.69) is 13.8 Å². The summed E-state index contributed by atoms with van der Waals surface area (Å²) in [6.45, 7) is 11.9. The maximum atomic E-state index is 13.0. The summed E-state index contributed by atoms with van der Waals surface area (Å²) >= 11 is 0. The molecule has 0 fully saturated rings. The molecule has 0 rings (SSSR count).